The average Bonchev–Trinajstić information content (AvgIpc) is 2.61. The van der Waals surface area contributed by atoms with Gasteiger partial charge in [0, 0.05) is 5.56 Å². The normalized spacial score (nSPS) is 18.5. The van der Waals surface area contributed by atoms with E-state index in [0.717, 1.165) is 16.7 Å². The van der Waals surface area contributed by atoms with Crippen molar-refractivity contribution in [1.29, 1.82) is 0 Å². The van der Waals surface area contributed by atoms with Crippen molar-refractivity contribution in [3.63, 3.8) is 0 Å². The molecule has 0 aromatic heterocycles. The van der Waals surface area contributed by atoms with E-state index in [4.69, 9.17) is 9.84 Å². The summed E-state index contributed by atoms with van der Waals surface area (Å²) in [6.07, 6.45) is 3.43. The summed E-state index contributed by atoms with van der Waals surface area (Å²) in [5, 5.41) is 11.5. The standard InChI is InChI=1S/C19H17NO4/c1-24-17-7-3-2-6-15(17)14-9-8-13-5-4-10-19(12-21,16(13)11-14)20-18(22)23/h2-4,6-12,20H,5H2,1H3,(H,22,23)/t19-/m1/s1. The molecule has 0 saturated carbocycles. The van der Waals surface area contributed by atoms with Crippen molar-refractivity contribution in [3.8, 4) is 16.9 Å². The third-order valence-corrected chi connectivity index (χ3v) is 4.19. The Balaban J connectivity index is 2.16. The summed E-state index contributed by atoms with van der Waals surface area (Å²) < 4.78 is 5.39. The van der Waals surface area contributed by atoms with E-state index in [1.54, 1.807) is 19.3 Å². The van der Waals surface area contributed by atoms with Gasteiger partial charge in [0.15, 0.2) is 6.29 Å². The van der Waals surface area contributed by atoms with Gasteiger partial charge in [-0.15, -0.1) is 0 Å². The lowest BCUT2D eigenvalue weighted by atomic mass is 9.80. The van der Waals surface area contributed by atoms with Crippen LogP contribution in [0.3, 0.4) is 0 Å². The lowest BCUT2D eigenvalue weighted by molar-refractivity contribution is -0.112. The highest BCUT2D eigenvalue weighted by Crippen LogP contribution is 2.36. The largest absolute Gasteiger partial charge is 0.496 e. The van der Waals surface area contributed by atoms with E-state index in [2.05, 4.69) is 5.32 Å². The summed E-state index contributed by atoms with van der Waals surface area (Å²) >= 11 is 0. The van der Waals surface area contributed by atoms with E-state index in [0.29, 0.717) is 24.0 Å². The Morgan fingerprint density at radius 3 is 2.79 bits per heavy atom. The van der Waals surface area contributed by atoms with Gasteiger partial charge >= 0.3 is 6.09 Å². The molecule has 1 atom stereocenters. The molecule has 2 aromatic carbocycles. The number of aldehydes is 1. The lowest BCUT2D eigenvalue weighted by Gasteiger charge is -2.30. The molecule has 3 rings (SSSR count). The molecule has 2 N–H and O–H groups in total. The van der Waals surface area contributed by atoms with Gasteiger partial charge < -0.3 is 15.2 Å². The van der Waals surface area contributed by atoms with Crippen LogP contribution in [-0.2, 0) is 16.8 Å². The highest BCUT2D eigenvalue weighted by molar-refractivity contribution is 5.82. The van der Waals surface area contributed by atoms with Crippen LogP contribution in [-0.4, -0.2) is 24.6 Å². The van der Waals surface area contributed by atoms with E-state index < -0.39 is 11.6 Å². The number of methoxy groups -OCH3 is 1. The van der Waals surface area contributed by atoms with Crippen molar-refractivity contribution in [2.75, 3.05) is 7.11 Å². The molecular formula is C19H17NO4. The fourth-order valence-electron chi connectivity index (χ4n) is 3.07. The third-order valence-electron chi connectivity index (χ3n) is 4.19. The molecule has 24 heavy (non-hydrogen) atoms. The predicted molar refractivity (Wildman–Crippen MR) is 90.2 cm³/mol. The Labute approximate surface area is 139 Å². The Morgan fingerprint density at radius 1 is 1.29 bits per heavy atom. The predicted octanol–water partition coefficient (Wildman–Crippen LogP) is 3.14. The molecule has 0 aliphatic heterocycles. The van der Waals surface area contributed by atoms with Gasteiger partial charge in [0.1, 0.15) is 11.3 Å². The Hall–Kier alpha value is -3.08. The maximum Gasteiger partial charge on any atom is 0.405 e. The van der Waals surface area contributed by atoms with E-state index in [9.17, 15) is 9.59 Å². The Kier molecular flexibility index (Phi) is 4.08. The number of fused-ring (bicyclic) bond motifs is 1. The first kappa shape index (κ1) is 15.8. The van der Waals surface area contributed by atoms with E-state index in [1.807, 2.05) is 42.5 Å². The zero-order chi connectivity index (χ0) is 17.2. The van der Waals surface area contributed by atoms with Crippen LogP contribution >= 0.6 is 0 Å². The molecule has 0 heterocycles. The van der Waals surface area contributed by atoms with Crippen LogP contribution in [0.2, 0.25) is 0 Å². The minimum absolute atomic E-state index is 0.627. The molecule has 5 nitrogen and oxygen atoms in total. The smallest absolute Gasteiger partial charge is 0.405 e. The number of benzene rings is 2. The minimum Gasteiger partial charge on any atom is -0.496 e. The molecule has 0 unspecified atom stereocenters. The van der Waals surface area contributed by atoms with Crippen LogP contribution in [0, 0.1) is 0 Å². The van der Waals surface area contributed by atoms with Crippen LogP contribution in [0.4, 0.5) is 4.79 Å². The second-order valence-corrected chi connectivity index (χ2v) is 5.60. The number of carboxylic acid groups (broad SMARTS) is 1. The minimum atomic E-state index is -1.36. The number of ether oxygens (including phenoxy) is 1. The van der Waals surface area contributed by atoms with Crippen molar-refractivity contribution >= 4 is 12.4 Å². The fraction of sp³-hybridized carbons (Fsp3) is 0.158. The van der Waals surface area contributed by atoms with Gasteiger partial charge in [-0.05, 0) is 35.2 Å². The fourth-order valence-corrected chi connectivity index (χ4v) is 3.07. The number of hydrogen-bond donors (Lipinski definition) is 2. The number of rotatable bonds is 4. The first-order valence-corrected chi connectivity index (χ1v) is 7.51. The zero-order valence-electron chi connectivity index (χ0n) is 13.2. The van der Waals surface area contributed by atoms with Crippen molar-refractivity contribution < 1.29 is 19.4 Å². The molecule has 1 aliphatic rings. The first-order chi connectivity index (χ1) is 11.6. The summed E-state index contributed by atoms with van der Waals surface area (Å²) in [5.74, 6) is 0.715. The highest BCUT2D eigenvalue weighted by Gasteiger charge is 2.35. The monoisotopic (exact) mass is 323 g/mol. The molecule has 122 valence electrons. The van der Waals surface area contributed by atoms with Crippen molar-refractivity contribution in [1.82, 2.24) is 5.32 Å². The SMILES string of the molecule is COc1ccccc1-c1ccc2c(c1)[C@@](C=O)(NC(=O)O)C=CC2. The molecular weight excluding hydrogens is 306 g/mol. The van der Waals surface area contributed by atoms with Crippen LogP contribution in [0.1, 0.15) is 11.1 Å². The molecule has 0 spiro atoms. The molecule has 1 aliphatic carbocycles. The zero-order valence-corrected chi connectivity index (χ0v) is 13.2. The van der Waals surface area contributed by atoms with Crippen LogP contribution in [0.15, 0.2) is 54.6 Å². The highest BCUT2D eigenvalue weighted by atomic mass is 16.5. The number of amides is 1. The molecule has 1 amide bonds. The van der Waals surface area contributed by atoms with E-state index in [-0.39, 0.29) is 0 Å². The Morgan fingerprint density at radius 2 is 2.08 bits per heavy atom. The number of allylic oxidation sites excluding steroid dienone is 1. The summed E-state index contributed by atoms with van der Waals surface area (Å²) in [4.78, 5) is 22.9. The molecule has 2 aromatic rings. The number of hydrogen-bond acceptors (Lipinski definition) is 3. The first-order valence-electron chi connectivity index (χ1n) is 7.51. The van der Waals surface area contributed by atoms with Gasteiger partial charge in [-0.3, -0.25) is 4.79 Å². The van der Waals surface area contributed by atoms with Gasteiger partial charge in [0.2, 0.25) is 0 Å². The van der Waals surface area contributed by atoms with Crippen molar-refractivity contribution in [3.05, 3.63) is 65.7 Å². The van der Waals surface area contributed by atoms with Crippen molar-refractivity contribution in [2.24, 2.45) is 0 Å². The second kappa shape index (κ2) is 6.20. The van der Waals surface area contributed by atoms with Gasteiger partial charge in [0.25, 0.3) is 0 Å². The molecule has 0 radical (unpaired) electrons. The van der Waals surface area contributed by atoms with Crippen LogP contribution in [0.25, 0.3) is 11.1 Å². The molecule has 0 saturated heterocycles. The third kappa shape index (κ3) is 2.65. The van der Waals surface area contributed by atoms with Gasteiger partial charge in [0.05, 0.1) is 7.11 Å². The topological polar surface area (TPSA) is 75.6 Å². The Bertz CT molecular complexity index is 828. The molecule has 0 bridgehead atoms. The number of para-hydroxylation sites is 1. The second-order valence-electron chi connectivity index (χ2n) is 5.60. The number of carbonyl (C=O) groups excluding carboxylic acids is 1. The summed E-state index contributed by atoms with van der Waals surface area (Å²) in [6, 6.07) is 13.3. The lowest BCUT2D eigenvalue weighted by Crippen LogP contribution is -2.46. The quantitative estimate of drug-likeness (QED) is 0.669. The van der Waals surface area contributed by atoms with Gasteiger partial charge in [-0.2, -0.15) is 0 Å². The summed E-state index contributed by atoms with van der Waals surface area (Å²) in [7, 11) is 1.60. The van der Waals surface area contributed by atoms with Gasteiger partial charge in [-0.1, -0.05) is 42.5 Å². The van der Waals surface area contributed by atoms with E-state index >= 15 is 0 Å². The summed E-state index contributed by atoms with van der Waals surface area (Å²) in [6.45, 7) is 0. The average molecular weight is 323 g/mol. The van der Waals surface area contributed by atoms with Crippen LogP contribution < -0.4 is 10.1 Å². The van der Waals surface area contributed by atoms with Gasteiger partial charge in [-0.25, -0.2) is 4.79 Å². The van der Waals surface area contributed by atoms with Crippen molar-refractivity contribution in [2.45, 2.75) is 12.0 Å². The number of nitrogens with one attached hydrogen (secondary N) is 1. The van der Waals surface area contributed by atoms with E-state index in [1.165, 1.54) is 0 Å². The summed E-state index contributed by atoms with van der Waals surface area (Å²) in [5.41, 5.74) is 1.94. The maximum atomic E-state index is 11.7. The number of carbonyl (C=O) groups is 2. The van der Waals surface area contributed by atoms with Crippen LogP contribution in [0.5, 0.6) is 5.75 Å². The molecule has 0 fully saturated rings. The molecule has 5 heteroatoms. The maximum absolute atomic E-state index is 11.7.